The molecule has 0 unspecified atom stereocenters. The largest absolute Gasteiger partial charge is 0.303 e. The van der Waals surface area contributed by atoms with Gasteiger partial charge in [-0.05, 0) is 51.0 Å². The Hall–Kier alpha value is -0.0400. The molecule has 1 aliphatic heterocycles. The first-order valence-electron chi connectivity index (χ1n) is 6.41. The van der Waals surface area contributed by atoms with Gasteiger partial charge in [0.05, 0.1) is 0 Å². The van der Waals surface area contributed by atoms with Crippen molar-refractivity contribution in [2.24, 2.45) is 17.8 Å². The van der Waals surface area contributed by atoms with Crippen molar-refractivity contribution in [2.45, 2.75) is 52.0 Å². The van der Waals surface area contributed by atoms with Crippen LogP contribution in [0.25, 0.3) is 0 Å². The number of hydrogen-bond donors (Lipinski definition) is 0. The van der Waals surface area contributed by atoms with Crippen LogP contribution < -0.4 is 0 Å². The van der Waals surface area contributed by atoms with Gasteiger partial charge < -0.3 is 4.90 Å². The topological polar surface area (TPSA) is 3.24 Å². The van der Waals surface area contributed by atoms with Crippen LogP contribution in [-0.2, 0) is 0 Å². The summed E-state index contributed by atoms with van der Waals surface area (Å²) in [6.07, 6.45) is 7.39. The van der Waals surface area contributed by atoms with Gasteiger partial charge in [-0.3, -0.25) is 0 Å². The molecule has 1 saturated heterocycles. The zero-order valence-corrected chi connectivity index (χ0v) is 10.00. The van der Waals surface area contributed by atoms with Gasteiger partial charge in [-0.2, -0.15) is 0 Å². The molecule has 0 N–H and O–H groups in total. The van der Waals surface area contributed by atoms with E-state index in [-0.39, 0.29) is 0 Å². The van der Waals surface area contributed by atoms with Crippen LogP contribution in [0.3, 0.4) is 0 Å². The molecule has 4 atom stereocenters. The maximum Gasteiger partial charge on any atom is 0.00667 e. The molecule has 1 nitrogen and oxygen atoms in total. The van der Waals surface area contributed by atoms with Crippen molar-refractivity contribution < 1.29 is 0 Å². The minimum Gasteiger partial charge on any atom is -0.303 e. The molecule has 0 radical (unpaired) electrons. The lowest BCUT2D eigenvalue weighted by atomic mass is 9.69. The van der Waals surface area contributed by atoms with E-state index in [1.54, 1.807) is 0 Å². The van der Waals surface area contributed by atoms with Crippen molar-refractivity contribution in [1.29, 1.82) is 0 Å². The molecule has 1 saturated carbocycles. The van der Waals surface area contributed by atoms with Gasteiger partial charge in [-0.15, -0.1) is 0 Å². The molecule has 2 aliphatic rings. The standard InChI is InChI=1S/C13H25N/c1-4-11-5-6-12-9-14(3)10(2)7-13(12)8-11/h10-13H,4-9H2,1-3H3/t10-,11+,12+,13+/m1/s1. The van der Waals surface area contributed by atoms with Gasteiger partial charge in [0, 0.05) is 12.6 Å². The Labute approximate surface area is 88.9 Å². The fraction of sp³-hybridized carbons (Fsp3) is 1.00. The van der Waals surface area contributed by atoms with E-state index in [0.29, 0.717) is 0 Å². The summed E-state index contributed by atoms with van der Waals surface area (Å²) in [5, 5.41) is 0. The van der Waals surface area contributed by atoms with E-state index in [1.807, 2.05) is 0 Å². The first-order chi connectivity index (χ1) is 6.70. The van der Waals surface area contributed by atoms with Crippen LogP contribution in [0, 0.1) is 17.8 Å². The van der Waals surface area contributed by atoms with Gasteiger partial charge >= 0.3 is 0 Å². The first kappa shape index (κ1) is 10.5. The van der Waals surface area contributed by atoms with Gasteiger partial charge in [0.25, 0.3) is 0 Å². The average Bonchev–Trinajstić information content (AvgIpc) is 2.19. The smallest absolute Gasteiger partial charge is 0.00667 e. The summed E-state index contributed by atoms with van der Waals surface area (Å²) in [5.41, 5.74) is 0. The van der Waals surface area contributed by atoms with Gasteiger partial charge in [0.15, 0.2) is 0 Å². The van der Waals surface area contributed by atoms with E-state index in [9.17, 15) is 0 Å². The zero-order chi connectivity index (χ0) is 10.1. The van der Waals surface area contributed by atoms with E-state index in [2.05, 4.69) is 25.8 Å². The lowest BCUT2D eigenvalue weighted by molar-refractivity contribution is 0.0454. The molecule has 14 heavy (non-hydrogen) atoms. The normalized spacial score (nSPS) is 44.8. The fourth-order valence-electron chi connectivity index (χ4n) is 3.49. The summed E-state index contributed by atoms with van der Waals surface area (Å²) in [6, 6.07) is 0.826. The fourth-order valence-corrected chi connectivity index (χ4v) is 3.49. The number of piperidine rings is 1. The molecule has 1 heteroatoms. The molecule has 0 aromatic rings. The molecule has 0 bridgehead atoms. The molecular formula is C13H25N. The Morgan fingerprint density at radius 2 is 1.93 bits per heavy atom. The van der Waals surface area contributed by atoms with E-state index in [1.165, 1.54) is 38.6 Å². The Bertz CT molecular complexity index is 186. The second-order valence-electron chi connectivity index (χ2n) is 5.63. The third kappa shape index (κ3) is 1.98. The van der Waals surface area contributed by atoms with E-state index in [4.69, 9.17) is 0 Å². The lowest BCUT2D eigenvalue weighted by Gasteiger charge is -2.45. The molecule has 0 spiro atoms. The summed E-state index contributed by atoms with van der Waals surface area (Å²) >= 11 is 0. The second-order valence-corrected chi connectivity index (χ2v) is 5.63. The predicted molar refractivity (Wildman–Crippen MR) is 61.3 cm³/mol. The van der Waals surface area contributed by atoms with Crippen LogP contribution in [0.4, 0.5) is 0 Å². The molecule has 1 aliphatic carbocycles. The summed E-state index contributed by atoms with van der Waals surface area (Å²) < 4.78 is 0. The highest BCUT2D eigenvalue weighted by atomic mass is 15.1. The second kappa shape index (κ2) is 4.22. The summed E-state index contributed by atoms with van der Waals surface area (Å²) in [4.78, 5) is 2.56. The number of likely N-dealkylation sites (tertiary alicyclic amines) is 1. The predicted octanol–water partition coefficient (Wildman–Crippen LogP) is 3.15. The van der Waals surface area contributed by atoms with Crippen LogP contribution >= 0.6 is 0 Å². The highest BCUT2D eigenvalue weighted by Gasteiger charge is 2.35. The van der Waals surface area contributed by atoms with E-state index < -0.39 is 0 Å². The third-order valence-electron chi connectivity index (χ3n) is 4.74. The molecule has 0 aromatic heterocycles. The van der Waals surface area contributed by atoms with Crippen molar-refractivity contribution in [3.05, 3.63) is 0 Å². The lowest BCUT2D eigenvalue weighted by Crippen LogP contribution is -2.45. The monoisotopic (exact) mass is 195 g/mol. The number of nitrogens with zero attached hydrogens (tertiary/aromatic N) is 1. The minimum atomic E-state index is 0.826. The zero-order valence-electron chi connectivity index (χ0n) is 10.00. The molecule has 82 valence electrons. The van der Waals surface area contributed by atoms with Crippen LogP contribution in [0.5, 0.6) is 0 Å². The average molecular weight is 195 g/mol. The van der Waals surface area contributed by atoms with Crippen LogP contribution in [-0.4, -0.2) is 24.5 Å². The van der Waals surface area contributed by atoms with Crippen molar-refractivity contribution in [3.8, 4) is 0 Å². The van der Waals surface area contributed by atoms with Crippen LogP contribution in [0.2, 0.25) is 0 Å². The van der Waals surface area contributed by atoms with Crippen molar-refractivity contribution in [1.82, 2.24) is 4.90 Å². The Balaban J connectivity index is 1.95. The maximum atomic E-state index is 2.56. The summed E-state index contributed by atoms with van der Waals surface area (Å²) in [6.45, 7) is 6.12. The SMILES string of the molecule is CC[C@H]1CC[C@H]2CN(C)[C@H](C)C[C@H]2C1. The highest BCUT2D eigenvalue weighted by molar-refractivity contribution is 4.88. The molecular weight excluding hydrogens is 170 g/mol. The van der Waals surface area contributed by atoms with Gasteiger partial charge in [0.1, 0.15) is 0 Å². The maximum absolute atomic E-state index is 2.56. The first-order valence-corrected chi connectivity index (χ1v) is 6.41. The molecule has 0 amide bonds. The molecule has 2 fully saturated rings. The third-order valence-corrected chi connectivity index (χ3v) is 4.74. The Morgan fingerprint density at radius 1 is 1.14 bits per heavy atom. The van der Waals surface area contributed by atoms with Crippen LogP contribution in [0.1, 0.15) is 46.0 Å². The summed E-state index contributed by atoms with van der Waals surface area (Å²) in [7, 11) is 2.30. The van der Waals surface area contributed by atoms with E-state index in [0.717, 1.165) is 23.8 Å². The van der Waals surface area contributed by atoms with Crippen molar-refractivity contribution >= 4 is 0 Å². The molecule has 0 aromatic carbocycles. The Kier molecular flexibility index (Phi) is 3.16. The van der Waals surface area contributed by atoms with Gasteiger partial charge in [0.2, 0.25) is 0 Å². The summed E-state index contributed by atoms with van der Waals surface area (Å²) in [5.74, 6) is 3.13. The minimum absolute atomic E-state index is 0.826. The van der Waals surface area contributed by atoms with E-state index >= 15 is 0 Å². The highest BCUT2D eigenvalue weighted by Crippen LogP contribution is 2.41. The van der Waals surface area contributed by atoms with Crippen molar-refractivity contribution in [2.75, 3.05) is 13.6 Å². The number of fused-ring (bicyclic) bond motifs is 1. The Morgan fingerprint density at radius 3 is 2.64 bits per heavy atom. The van der Waals surface area contributed by atoms with Crippen molar-refractivity contribution in [3.63, 3.8) is 0 Å². The molecule has 1 heterocycles. The quantitative estimate of drug-likeness (QED) is 0.621. The van der Waals surface area contributed by atoms with Gasteiger partial charge in [-0.25, -0.2) is 0 Å². The molecule has 2 rings (SSSR count). The van der Waals surface area contributed by atoms with Crippen LogP contribution in [0.15, 0.2) is 0 Å². The number of hydrogen-bond acceptors (Lipinski definition) is 1. The number of rotatable bonds is 1. The van der Waals surface area contributed by atoms with Gasteiger partial charge in [-0.1, -0.05) is 19.8 Å².